The standard InChI is InChI=1S/C14H19NO/c1-4-14(2,3)12-6-8-13(9-7-12)16-11-5-10-15/h6-9H,4-5,11H2,1-3H3. The van der Waals surface area contributed by atoms with Gasteiger partial charge in [-0.3, -0.25) is 0 Å². The van der Waals surface area contributed by atoms with Crippen molar-refractivity contribution in [2.45, 2.75) is 39.0 Å². The molecule has 0 unspecified atom stereocenters. The van der Waals surface area contributed by atoms with Crippen LogP contribution in [0.4, 0.5) is 0 Å². The van der Waals surface area contributed by atoms with Crippen molar-refractivity contribution in [1.29, 1.82) is 5.26 Å². The van der Waals surface area contributed by atoms with Crippen molar-refractivity contribution in [3.63, 3.8) is 0 Å². The monoisotopic (exact) mass is 217 g/mol. The number of hydrogen-bond donors (Lipinski definition) is 0. The van der Waals surface area contributed by atoms with Crippen LogP contribution in [0.25, 0.3) is 0 Å². The van der Waals surface area contributed by atoms with Crippen LogP contribution in [0.5, 0.6) is 5.75 Å². The third kappa shape index (κ3) is 3.27. The molecule has 0 amide bonds. The van der Waals surface area contributed by atoms with Crippen LogP contribution in [0, 0.1) is 11.3 Å². The van der Waals surface area contributed by atoms with Crippen molar-refractivity contribution in [3.05, 3.63) is 29.8 Å². The van der Waals surface area contributed by atoms with Gasteiger partial charge in [0.15, 0.2) is 0 Å². The van der Waals surface area contributed by atoms with E-state index in [0.29, 0.717) is 13.0 Å². The Bertz CT molecular complexity index is 359. The number of ether oxygens (including phenoxy) is 1. The van der Waals surface area contributed by atoms with E-state index in [4.69, 9.17) is 10.00 Å². The SMILES string of the molecule is CCC(C)(C)c1ccc(OCCC#N)cc1. The zero-order valence-corrected chi connectivity index (χ0v) is 10.3. The lowest BCUT2D eigenvalue weighted by Gasteiger charge is -2.23. The first-order valence-electron chi connectivity index (χ1n) is 5.70. The largest absolute Gasteiger partial charge is 0.493 e. The highest BCUT2D eigenvalue weighted by molar-refractivity contribution is 5.31. The van der Waals surface area contributed by atoms with E-state index in [1.165, 1.54) is 5.56 Å². The quantitative estimate of drug-likeness (QED) is 0.705. The number of hydrogen-bond acceptors (Lipinski definition) is 2. The van der Waals surface area contributed by atoms with Crippen molar-refractivity contribution < 1.29 is 4.74 Å². The minimum atomic E-state index is 0.213. The van der Waals surface area contributed by atoms with E-state index in [9.17, 15) is 0 Å². The summed E-state index contributed by atoms with van der Waals surface area (Å²) in [6, 6.07) is 10.2. The van der Waals surface area contributed by atoms with Gasteiger partial charge in [-0.05, 0) is 29.5 Å². The van der Waals surface area contributed by atoms with Crippen molar-refractivity contribution >= 4 is 0 Å². The van der Waals surface area contributed by atoms with Gasteiger partial charge in [0.2, 0.25) is 0 Å². The lowest BCUT2D eigenvalue weighted by molar-refractivity contribution is 0.326. The molecule has 0 aliphatic carbocycles. The number of nitrogens with zero attached hydrogens (tertiary/aromatic N) is 1. The number of benzene rings is 1. The molecule has 0 N–H and O–H groups in total. The average Bonchev–Trinajstić information content (AvgIpc) is 2.30. The predicted octanol–water partition coefficient (Wildman–Crippen LogP) is 3.67. The minimum Gasteiger partial charge on any atom is -0.493 e. The predicted molar refractivity (Wildman–Crippen MR) is 65.5 cm³/mol. The fourth-order valence-electron chi connectivity index (χ4n) is 1.42. The molecule has 1 aromatic rings. The fraction of sp³-hybridized carbons (Fsp3) is 0.500. The van der Waals surface area contributed by atoms with Crippen molar-refractivity contribution in [2.24, 2.45) is 0 Å². The molecule has 0 aliphatic rings. The maximum atomic E-state index is 8.40. The molecule has 0 aromatic heterocycles. The zero-order chi connectivity index (χ0) is 12.0. The Morgan fingerprint density at radius 2 is 1.88 bits per heavy atom. The maximum Gasteiger partial charge on any atom is 0.119 e. The third-order valence-electron chi connectivity index (χ3n) is 3.00. The van der Waals surface area contributed by atoms with Crippen LogP contribution in [-0.2, 0) is 5.41 Å². The molecule has 0 saturated heterocycles. The molecule has 0 heterocycles. The van der Waals surface area contributed by atoms with Crippen LogP contribution < -0.4 is 4.74 Å². The van der Waals surface area contributed by atoms with E-state index in [2.05, 4.69) is 39.0 Å². The third-order valence-corrected chi connectivity index (χ3v) is 3.00. The number of nitriles is 1. The first-order valence-corrected chi connectivity index (χ1v) is 5.70. The molecule has 0 radical (unpaired) electrons. The summed E-state index contributed by atoms with van der Waals surface area (Å²) in [5, 5.41) is 8.40. The average molecular weight is 217 g/mol. The van der Waals surface area contributed by atoms with Crippen molar-refractivity contribution in [2.75, 3.05) is 6.61 Å². The van der Waals surface area contributed by atoms with Crippen LogP contribution >= 0.6 is 0 Å². The van der Waals surface area contributed by atoms with Crippen molar-refractivity contribution in [1.82, 2.24) is 0 Å². The highest BCUT2D eigenvalue weighted by Crippen LogP contribution is 2.27. The van der Waals surface area contributed by atoms with E-state index in [-0.39, 0.29) is 5.41 Å². The summed E-state index contributed by atoms with van der Waals surface area (Å²) >= 11 is 0. The Kier molecular flexibility index (Phi) is 4.37. The topological polar surface area (TPSA) is 33.0 Å². The summed E-state index contributed by atoms with van der Waals surface area (Å²) in [6.07, 6.45) is 1.55. The molecule has 0 bridgehead atoms. The smallest absolute Gasteiger partial charge is 0.119 e. The highest BCUT2D eigenvalue weighted by Gasteiger charge is 2.17. The van der Waals surface area contributed by atoms with Crippen LogP contribution in [0.1, 0.15) is 39.2 Å². The van der Waals surface area contributed by atoms with Crippen LogP contribution in [-0.4, -0.2) is 6.61 Å². The Morgan fingerprint density at radius 3 is 2.38 bits per heavy atom. The maximum absolute atomic E-state index is 8.40. The molecule has 1 rings (SSSR count). The second-order valence-corrected chi connectivity index (χ2v) is 4.52. The molecule has 2 nitrogen and oxygen atoms in total. The van der Waals surface area contributed by atoms with E-state index >= 15 is 0 Å². The van der Waals surface area contributed by atoms with Gasteiger partial charge < -0.3 is 4.74 Å². The summed E-state index contributed by atoms with van der Waals surface area (Å²) in [6.45, 7) is 7.13. The zero-order valence-electron chi connectivity index (χ0n) is 10.3. The molecule has 0 spiro atoms. The summed E-state index contributed by atoms with van der Waals surface area (Å²) in [5.74, 6) is 0.839. The summed E-state index contributed by atoms with van der Waals surface area (Å²) < 4.78 is 5.43. The molecule has 86 valence electrons. The van der Waals surface area contributed by atoms with Gasteiger partial charge in [0.1, 0.15) is 12.4 Å². The number of rotatable bonds is 5. The fourth-order valence-corrected chi connectivity index (χ4v) is 1.42. The molecule has 0 fully saturated rings. The Morgan fingerprint density at radius 1 is 1.25 bits per heavy atom. The molecule has 16 heavy (non-hydrogen) atoms. The van der Waals surface area contributed by atoms with Crippen LogP contribution in [0.2, 0.25) is 0 Å². The first-order chi connectivity index (χ1) is 7.60. The van der Waals surface area contributed by atoms with Gasteiger partial charge in [-0.25, -0.2) is 0 Å². The first kappa shape index (κ1) is 12.6. The highest BCUT2D eigenvalue weighted by atomic mass is 16.5. The molecule has 0 aliphatic heterocycles. The van der Waals surface area contributed by atoms with Gasteiger partial charge in [-0.1, -0.05) is 32.9 Å². The summed E-state index contributed by atoms with van der Waals surface area (Å²) in [7, 11) is 0. The van der Waals surface area contributed by atoms with Gasteiger partial charge >= 0.3 is 0 Å². The summed E-state index contributed by atoms with van der Waals surface area (Å²) in [5.41, 5.74) is 1.54. The van der Waals surface area contributed by atoms with E-state index in [0.717, 1.165) is 12.2 Å². The van der Waals surface area contributed by atoms with E-state index in [1.54, 1.807) is 0 Å². The minimum absolute atomic E-state index is 0.213. The normalized spacial score (nSPS) is 10.9. The Labute approximate surface area is 97.9 Å². The molecule has 0 saturated carbocycles. The molecular formula is C14H19NO. The van der Waals surface area contributed by atoms with Gasteiger partial charge in [0.05, 0.1) is 12.5 Å². The molecule has 0 atom stereocenters. The lowest BCUT2D eigenvalue weighted by Crippen LogP contribution is -2.15. The Balaban J connectivity index is 2.65. The molecular weight excluding hydrogens is 198 g/mol. The van der Waals surface area contributed by atoms with Gasteiger partial charge in [-0.2, -0.15) is 5.26 Å². The van der Waals surface area contributed by atoms with Crippen molar-refractivity contribution in [3.8, 4) is 11.8 Å². The van der Waals surface area contributed by atoms with Crippen LogP contribution in [0.15, 0.2) is 24.3 Å². The second-order valence-electron chi connectivity index (χ2n) is 4.52. The van der Waals surface area contributed by atoms with Crippen LogP contribution in [0.3, 0.4) is 0 Å². The second kappa shape index (κ2) is 5.55. The van der Waals surface area contributed by atoms with Gasteiger partial charge in [-0.15, -0.1) is 0 Å². The van der Waals surface area contributed by atoms with E-state index < -0.39 is 0 Å². The molecule has 2 heteroatoms. The Hall–Kier alpha value is -1.49. The van der Waals surface area contributed by atoms with E-state index in [1.807, 2.05) is 12.1 Å². The molecule has 1 aromatic carbocycles. The lowest BCUT2D eigenvalue weighted by atomic mass is 9.82. The van der Waals surface area contributed by atoms with Gasteiger partial charge in [0, 0.05) is 0 Å². The van der Waals surface area contributed by atoms with Gasteiger partial charge in [0.25, 0.3) is 0 Å². The summed E-state index contributed by atoms with van der Waals surface area (Å²) in [4.78, 5) is 0.